The van der Waals surface area contributed by atoms with Gasteiger partial charge >= 0.3 is 0 Å². The second-order valence-corrected chi connectivity index (χ2v) is 4.76. The Bertz CT molecular complexity index is 744. The summed E-state index contributed by atoms with van der Waals surface area (Å²) in [5.41, 5.74) is 3.66. The summed E-state index contributed by atoms with van der Waals surface area (Å²) in [5, 5.41) is 0.906. The third-order valence-corrected chi connectivity index (χ3v) is 3.37. The minimum Gasteiger partial charge on any atom is -0.489 e. The molecule has 3 heteroatoms. The lowest BCUT2D eigenvalue weighted by Gasteiger charge is -2.06. The van der Waals surface area contributed by atoms with Crippen molar-refractivity contribution in [3.05, 3.63) is 65.4 Å². The van der Waals surface area contributed by atoms with E-state index >= 15 is 0 Å². The first-order chi connectivity index (χ1) is 9.78. The standard InChI is InChI=1S/C17H15NO2/c1-12-16(10-19)15-9-14(7-8-17(15)18-12)20-11-13-5-3-2-4-6-13/h2-10,18H,11H2,1H3. The molecule has 0 bridgehead atoms. The fourth-order valence-corrected chi connectivity index (χ4v) is 2.31. The van der Waals surface area contributed by atoms with Crippen molar-refractivity contribution in [2.45, 2.75) is 13.5 Å². The van der Waals surface area contributed by atoms with Gasteiger partial charge < -0.3 is 9.72 Å². The summed E-state index contributed by atoms with van der Waals surface area (Å²) < 4.78 is 5.78. The number of fused-ring (bicyclic) bond motifs is 1. The smallest absolute Gasteiger partial charge is 0.152 e. The summed E-state index contributed by atoms with van der Waals surface area (Å²) in [7, 11) is 0. The maximum atomic E-state index is 11.1. The van der Waals surface area contributed by atoms with E-state index in [1.54, 1.807) is 0 Å². The Kier molecular flexibility index (Phi) is 3.25. The van der Waals surface area contributed by atoms with Crippen LogP contribution in [0.15, 0.2) is 48.5 Å². The van der Waals surface area contributed by atoms with Crippen molar-refractivity contribution < 1.29 is 9.53 Å². The van der Waals surface area contributed by atoms with Crippen molar-refractivity contribution in [3.63, 3.8) is 0 Å². The molecule has 20 heavy (non-hydrogen) atoms. The lowest BCUT2D eigenvalue weighted by atomic mass is 10.1. The minimum absolute atomic E-state index is 0.520. The van der Waals surface area contributed by atoms with E-state index in [4.69, 9.17) is 4.74 Å². The van der Waals surface area contributed by atoms with Crippen molar-refractivity contribution in [2.75, 3.05) is 0 Å². The van der Waals surface area contributed by atoms with Crippen LogP contribution in [0.4, 0.5) is 0 Å². The van der Waals surface area contributed by atoms with Crippen LogP contribution in [0.3, 0.4) is 0 Å². The molecule has 0 spiro atoms. The molecule has 0 atom stereocenters. The highest BCUT2D eigenvalue weighted by atomic mass is 16.5. The Balaban J connectivity index is 1.87. The maximum absolute atomic E-state index is 11.1. The summed E-state index contributed by atoms with van der Waals surface area (Å²) in [4.78, 5) is 14.3. The van der Waals surface area contributed by atoms with E-state index in [9.17, 15) is 4.79 Å². The number of benzene rings is 2. The largest absolute Gasteiger partial charge is 0.489 e. The number of aromatic nitrogens is 1. The van der Waals surface area contributed by atoms with E-state index < -0.39 is 0 Å². The zero-order valence-electron chi connectivity index (χ0n) is 11.2. The van der Waals surface area contributed by atoms with E-state index in [2.05, 4.69) is 4.98 Å². The summed E-state index contributed by atoms with van der Waals surface area (Å²) >= 11 is 0. The molecule has 100 valence electrons. The molecule has 0 unspecified atom stereocenters. The summed E-state index contributed by atoms with van der Waals surface area (Å²) in [6.45, 7) is 2.42. The van der Waals surface area contributed by atoms with E-state index in [-0.39, 0.29) is 0 Å². The number of hydrogen-bond acceptors (Lipinski definition) is 2. The Morgan fingerprint density at radius 2 is 1.95 bits per heavy atom. The molecule has 1 aromatic heterocycles. The number of aldehydes is 1. The lowest BCUT2D eigenvalue weighted by Crippen LogP contribution is -1.94. The topological polar surface area (TPSA) is 42.1 Å². The third kappa shape index (κ3) is 2.30. The van der Waals surface area contributed by atoms with Crippen LogP contribution in [-0.2, 0) is 6.61 Å². The molecule has 0 radical (unpaired) electrons. The van der Waals surface area contributed by atoms with Gasteiger partial charge in [-0.25, -0.2) is 0 Å². The van der Waals surface area contributed by atoms with Crippen LogP contribution in [0.1, 0.15) is 21.6 Å². The number of carbonyl (C=O) groups is 1. The normalized spacial score (nSPS) is 10.7. The van der Waals surface area contributed by atoms with Crippen LogP contribution < -0.4 is 4.74 Å². The molecule has 3 rings (SSSR count). The van der Waals surface area contributed by atoms with Crippen LogP contribution >= 0.6 is 0 Å². The number of hydrogen-bond donors (Lipinski definition) is 1. The van der Waals surface area contributed by atoms with Crippen LogP contribution in [0.25, 0.3) is 10.9 Å². The first-order valence-electron chi connectivity index (χ1n) is 6.52. The second kappa shape index (κ2) is 5.21. The van der Waals surface area contributed by atoms with Gasteiger partial charge in [-0.3, -0.25) is 4.79 Å². The van der Waals surface area contributed by atoms with Crippen molar-refractivity contribution in [3.8, 4) is 5.75 Å². The Hall–Kier alpha value is -2.55. The van der Waals surface area contributed by atoms with Crippen LogP contribution in [0.2, 0.25) is 0 Å². The van der Waals surface area contributed by atoms with Gasteiger partial charge in [0.2, 0.25) is 0 Å². The molecule has 0 aliphatic heterocycles. The maximum Gasteiger partial charge on any atom is 0.152 e. The van der Waals surface area contributed by atoms with Crippen molar-refractivity contribution in [1.29, 1.82) is 0 Å². The van der Waals surface area contributed by atoms with E-state index in [1.165, 1.54) is 0 Å². The molecule has 3 aromatic rings. The van der Waals surface area contributed by atoms with Crippen molar-refractivity contribution in [2.24, 2.45) is 0 Å². The van der Waals surface area contributed by atoms with Gasteiger partial charge in [0.05, 0.1) is 0 Å². The second-order valence-electron chi connectivity index (χ2n) is 4.76. The van der Waals surface area contributed by atoms with Gasteiger partial charge in [-0.05, 0) is 30.7 Å². The molecular weight excluding hydrogens is 250 g/mol. The molecule has 0 saturated heterocycles. The molecule has 0 saturated carbocycles. The minimum atomic E-state index is 0.520. The molecule has 0 aliphatic rings. The van der Waals surface area contributed by atoms with Crippen LogP contribution in [0, 0.1) is 6.92 Å². The summed E-state index contributed by atoms with van der Waals surface area (Å²) in [6, 6.07) is 15.8. The first-order valence-corrected chi connectivity index (χ1v) is 6.52. The van der Waals surface area contributed by atoms with Gasteiger partial charge in [-0.1, -0.05) is 30.3 Å². The number of rotatable bonds is 4. The quantitative estimate of drug-likeness (QED) is 0.728. The lowest BCUT2D eigenvalue weighted by molar-refractivity contribution is 0.112. The number of nitrogens with one attached hydrogen (secondary N) is 1. The molecule has 0 amide bonds. The summed E-state index contributed by atoms with van der Waals surface area (Å²) in [5.74, 6) is 0.767. The molecule has 1 heterocycles. The van der Waals surface area contributed by atoms with Gasteiger partial charge in [-0.15, -0.1) is 0 Å². The number of aromatic amines is 1. The average molecular weight is 265 g/mol. The highest BCUT2D eigenvalue weighted by molar-refractivity contribution is 5.99. The highest BCUT2D eigenvalue weighted by Gasteiger charge is 2.08. The number of aryl methyl sites for hydroxylation is 1. The van der Waals surface area contributed by atoms with Crippen molar-refractivity contribution >= 4 is 17.2 Å². The number of carbonyl (C=O) groups excluding carboxylic acids is 1. The van der Waals surface area contributed by atoms with Crippen LogP contribution in [-0.4, -0.2) is 11.3 Å². The molecule has 0 aliphatic carbocycles. The molecule has 2 aromatic carbocycles. The summed E-state index contributed by atoms with van der Waals surface area (Å²) in [6.07, 6.45) is 0.884. The van der Waals surface area contributed by atoms with Gasteiger partial charge in [0.15, 0.2) is 6.29 Å². The monoisotopic (exact) mass is 265 g/mol. The number of H-pyrrole nitrogens is 1. The van der Waals surface area contributed by atoms with Gasteiger partial charge in [0.25, 0.3) is 0 Å². The molecule has 1 N–H and O–H groups in total. The first kappa shape index (κ1) is 12.5. The Morgan fingerprint density at radius 3 is 2.70 bits per heavy atom. The Morgan fingerprint density at radius 1 is 1.15 bits per heavy atom. The van der Waals surface area contributed by atoms with E-state index in [1.807, 2.05) is 55.5 Å². The van der Waals surface area contributed by atoms with Gasteiger partial charge in [0, 0.05) is 22.2 Å². The van der Waals surface area contributed by atoms with Crippen molar-refractivity contribution in [1.82, 2.24) is 4.98 Å². The predicted octanol–water partition coefficient (Wildman–Crippen LogP) is 3.87. The zero-order chi connectivity index (χ0) is 13.9. The molecular formula is C17H15NO2. The fraction of sp³-hybridized carbons (Fsp3) is 0.118. The third-order valence-electron chi connectivity index (χ3n) is 3.37. The SMILES string of the molecule is Cc1[nH]c2ccc(OCc3ccccc3)cc2c1C=O. The Labute approximate surface area is 117 Å². The predicted molar refractivity (Wildman–Crippen MR) is 79.2 cm³/mol. The number of ether oxygens (including phenoxy) is 1. The average Bonchev–Trinajstić information content (AvgIpc) is 2.80. The highest BCUT2D eigenvalue weighted by Crippen LogP contribution is 2.25. The fourth-order valence-electron chi connectivity index (χ4n) is 2.31. The van der Waals surface area contributed by atoms with Gasteiger partial charge in [0.1, 0.15) is 12.4 Å². The van der Waals surface area contributed by atoms with Crippen LogP contribution in [0.5, 0.6) is 5.75 Å². The van der Waals surface area contributed by atoms with E-state index in [0.717, 1.165) is 34.2 Å². The van der Waals surface area contributed by atoms with E-state index in [0.29, 0.717) is 12.2 Å². The van der Waals surface area contributed by atoms with Gasteiger partial charge in [-0.2, -0.15) is 0 Å². The zero-order valence-corrected chi connectivity index (χ0v) is 11.2. The molecule has 3 nitrogen and oxygen atoms in total. The molecule has 0 fully saturated rings.